The number of anilines is 1. The van der Waals surface area contributed by atoms with E-state index in [4.69, 9.17) is 16.3 Å². The standard InChI is InChI=1S/C26H25ClN4O4S/c1-19-28-15-16-30(19)25-6-4-3-5-20(25)17-29-26(32)18-31(22-9-7-21(27)8-10-22)36(33,34)24-13-11-23(35-2)12-14-24/h3-16H,17-18H2,1-2H3,(H,29,32). The van der Waals surface area contributed by atoms with Crippen molar-refractivity contribution in [1.82, 2.24) is 14.9 Å². The van der Waals surface area contributed by atoms with Crippen molar-refractivity contribution in [1.29, 1.82) is 0 Å². The molecule has 1 aromatic heterocycles. The molecule has 3 aromatic carbocycles. The zero-order chi connectivity index (χ0) is 25.7. The second-order valence-corrected chi connectivity index (χ2v) is 10.2. The van der Waals surface area contributed by atoms with Gasteiger partial charge in [-0.15, -0.1) is 0 Å². The number of methoxy groups -OCH3 is 1. The Hall–Kier alpha value is -3.82. The lowest BCUT2D eigenvalue weighted by atomic mass is 10.1. The number of para-hydroxylation sites is 1. The third-order valence-corrected chi connectivity index (χ3v) is 7.64. The summed E-state index contributed by atoms with van der Waals surface area (Å²) in [6.45, 7) is 1.69. The zero-order valence-electron chi connectivity index (χ0n) is 19.8. The van der Waals surface area contributed by atoms with Crippen LogP contribution in [0.3, 0.4) is 0 Å². The number of imidazole rings is 1. The SMILES string of the molecule is COc1ccc(S(=O)(=O)N(CC(=O)NCc2ccccc2-n2ccnc2C)c2ccc(Cl)cc2)cc1. The van der Waals surface area contributed by atoms with Gasteiger partial charge in [-0.3, -0.25) is 9.10 Å². The highest BCUT2D eigenvalue weighted by Crippen LogP contribution is 2.26. The molecule has 1 heterocycles. The molecule has 10 heteroatoms. The van der Waals surface area contributed by atoms with Gasteiger partial charge in [0.2, 0.25) is 5.91 Å². The lowest BCUT2D eigenvalue weighted by molar-refractivity contribution is -0.119. The molecule has 8 nitrogen and oxygen atoms in total. The normalized spacial score (nSPS) is 11.2. The number of halogens is 1. The smallest absolute Gasteiger partial charge is 0.264 e. The molecule has 0 fully saturated rings. The van der Waals surface area contributed by atoms with Crippen molar-refractivity contribution in [3.8, 4) is 11.4 Å². The van der Waals surface area contributed by atoms with E-state index in [2.05, 4.69) is 10.3 Å². The van der Waals surface area contributed by atoms with Crippen LogP contribution in [-0.4, -0.2) is 37.5 Å². The Labute approximate surface area is 215 Å². The molecule has 1 amide bonds. The number of nitrogens with zero attached hydrogens (tertiary/aromatic N) is 3. The molecule has 0 bridgehead atoms. The molecule has 186 valence electrons. The van der Waals surface area contributed by atoms with Gasteiger partial charge in [0.25, 0.3) is 10.0 Å². The predicted octanol–water partition coefficient (Wildman–Crippen LogP) is 4.35. The Morgan fingerprint density at radius 2 is 1.75 bits per heavy atom. The molecular weight excluding hydrogens is 500 g/mol. The molecule has 0 aliphatic rings. The number of hydrogen-bond acceptors (Lipinski definition) is 5. The lowest BCUT2D eigenvalue weighted by Crippen LogP contribution is -2.40. The average Bonchev–Trinajstić information content (AvgIpc) is 3.32. The van der Waals surface area contributed by atoms with Gasteiger partial charge in [0.05, 0.1) is 23.4 Å². The van der Waals surface area contributed by atoms with Crippen LogP contribution in [0.2, 0.25) is 5.02 Å². The second kappa shape index (κ2) is 10.8. The number of aromatic nitrogens is 2. The van der Waals surface area contributed by atoms with Crippen molar-refractivity contribution < 1.29 is 17.9 Å². The predicted molar refractivity (Wildman–Crippen MR) is 139 cm³/mol. The second-order valence-electron chi connectivity index (χ2n) is 7.91. The van der Waals surface area contributed by atoms with Crippen molar-refractivity contribution in [2.75, 3.05) is 18.0 Å². The minimum absolute atomic E-state index is 0.0342. The van der Waals surface area contributed by atoms with Crippen molar-refractivity contribution in [3.05, 3.63) is 102 Å². The first-order valence-corrected chi connectivity index (χ1v) is 12.9. The van der Waals surface area contributed by atoms with Gasteiger partial charge >= 0.3 is 0 Å². The van der Waals surface area contributed by atoms with Crippen molar-refractivity contribution in [3.63, 3.8) is 0 Å². The number of carbonyl (C=O) groups excluding carboxylic acids is 1. The first-order chi connectivity index (χ1) is 17.3. The Morgan fingerprint density at radius 3 is 2.39 bits per heavy atom. The molecule has 4 aromatic rings. The Bertz CT molecular complexity index is 1450. The molecule has 0 aliphatic heterocycles. The number of amides is 1. The Kier molecular flexibility index (Phi) is 7.61. The van der Waals surface area contributed by atoms with Crippen molar-refractivity contribution >= 4 is 33.2 Å². The fourth-order valence-corrected chi connectivity index (χ4v) is 5.25. The number of benzene rings is 3. The third kappa shape index (κ3) is 5.53. The summed E-state index contributed by atoms with van der Waals surface area (Å²) in [6, 6.07) is 19.9. The summed E-state index contributed by atoms with van der Waals surface area (Å²) in [5.41, 5.74) is 2.07. The summed E-state index contributed by atoms with van der Waals surface area (Å²) >= 11 is 6.00. The van der Waals surface area contributed by atoms with Crippen molar-refractivity contribution in [2.45, 2.75) is 18.4 Å². The minimum atomic E-state index is -4.06. The molecule has 36 heavy (non-hydrogen) atoms. The van der Waals surface area contributed by atoms with E-state index in [1.54, 1.807) is 42.6 Å². The summed E-state index contributed by atoms with van der Waals surface area (Å²) in [4.78, 5) is 17.3. The highest BCUT2D eigenvalue weighted by Gasteiger charge is 2.27. The van der Waals surface area contributed by atoms with E-state index in [0.29, 0.717) is 16.5 Å². The monoisotopic (exact) mass is 524 g/mol. The number of ether oxygens (including phenoxy) is 1. The largest absolute Gasteiger partial charge is 0.497 e. The maximum absolute atomic E-state index is 13.5. The van der Waals surface area contributed by atoms with Crippen LogP contribution < -0.4 is 14.4 Å². The maximum atomic E-state index is 13.5. The fraction of sp³-hybridized carbons (Fsp3) is 0.154. The molecule has 1 N–H and O–H groups in total. The highest BCUT2D eigenvalue weighted by atomic mass is 35.5. The van der Waals surface area contributed by atoms with Gasteiger partial charge in [-0.1, -0.05) is 29.8 Å². The molecule has 0 radical (unpaired) electrons. The molecule has 0 atom stereocenters. The zero-order valence-corrected chi connectivity index (χ0v) is 21.3. The summed E-state index contributed by atoms with van der Waals surface area (Å²) in [6.07, 6.45) is 3.55. The van der Waals surface area contributed by atoms with Crippen LogP contribution in [0.25, 0.3) is 5.69 Å². The molecule has 0 unspecified atom stereocenters. The lowest BCUT2D eigenvalue weighted by Gasteiger charge is -2.24. The topological polar surface area (TPSA) is 93.5 Å². The van der Waals surface area contributed by atoms with Gasteiger partial charge in [-0.05, 0) is 67.1 Å². The highest BCUT2D eigenvalue weighted by molar-refractivity contribution is 7.92. The first kappa shape index (κ1) is 25.3. The van der Waals surface area contributed by atoms with Crippen LogP contribution >= 0.6 is 11.6 Å². The Balaban J connectivity index is 1.58. The number of sulfonamides is 1. The molecule has 0 spiro atoms. The van der Waals surface area contributed by atoms with E-state index in [1.807, 2.05) is 42.0 Å². The summed E-state index contributed by atoms with van der Waals surface area (Å²) in [5, 5.41) is 3.30. The molecule has 0 saturated heterocycles. The Morgan fingerprint density at radius 1 is 1.06 bits per heavy atom. The van der Waals surface area contributed by atoms with Gasteiger partial charge in [0, 0.05) is 24.0 Å². The van der Waals surface area contributed by atoms with Crippen molar-refractivity contribution in [2.24, 2.45) is 0 Å². The number of rotatable bonds is 9. The maximum Gasteiger partial charge on any atom is 0.264 e. The van der Waals surface area contributed by atoms with Gasteiger partial charge in [-0.25, -0.2) is 13.4 Å². The summed E-state index contributed by atoms with van der Waals surface area (Å²) in [5.74, 6) is 0.879. The first-order valence-electron chi connectivity index (χ1n) is 11.1. The van der Waals surface area contributed by atoms with Gasteiger partial charge in [0.15, 0.2) is 0 Å². The van der Waals surface area contributed by atoms with E-state index in [-0.39, 0.29) is 11.4 Å². The number of carbonyl (C=O) groups is 1. The van der Waals surface area contributed by atoms with E-state index >= 15 is 0 Å². The molecular formula is C26H25ClN4O4S. The average molecular weight is 525 g/mol. The molecule has 0 saturated carbocycles. The van der Waals surface area contributed by atoms with E-state index < -0.39 is 22.5 Å². The van der Waals surface area contributed by atoms with Crippen LogP contribution in [0.15, 0.2) is 90.1 Å². The van der Waals surface area contributed by atoms with Crippen LogP contribution in [0.4, 0.5) is 5.69 Å². The minimum Gasteiger partial charge on any atom is -0.497 e. The number of nitrogens with one attached hydrogen (secondary N) is 1. The van der Waals surface area contributed by atoms with Crippen LogP contribution in [-0.2, 0) is 21.4 Å². The van der Waals surface area contributed by atoms with Gasteiger partial charge in [0.1, 0.15) is 18.1 Å². The summed E-state index contributed by atoms with van der Waals surface area (Å²) < 4.78 is 35.2. The van der Waals surface area contributed by atoms with E-state index in [1.165, 1.54) is 19.2 Å². The van der Waals surface area contributed by atoms with E-state index in [0.717, 1.165) is 21.4 Å². The quantitative estimate of drug-likeness (QED) is 0.351. The van der Waals surface area contributed by atoms with Crippen LogP contribution in [0.5, 0.6) is 5.75 Å². The third-order valence-electron chi connectivity index (χ3n) is 5.60. The molecule has 0 aliphatic carbocycles. The molecule has 4 rings (SSSR count). The number of aryl methyl sites for hydroxylation is 1. The van der Waals surface area contributed by atoms with Crippen LogP contribution in [0.1, 0.15) is 11.4 Å². The van der Waals surface area contributed by atoms with E-state index in [9.17, 15) is 13.2 Å². The number of hydrogen-bond donors (Lipinski definition) is 1. The fourth-order valence-electron chi connectivity index (χ4n) is 3.71. The summed E-state index contributed by atoms with van der Waals surface area (Å²) in [7, 11) is -2.56. The van der Waals surface area contributed by atoms with Gasteiger partial charge in [-0.2, -0.15) is 0 Å². The van der Waals surface area contributed by atoms with Crippen LogP contribution in [0, 0.1) is 6.92 Å². The van der Waals surface area contributed by atoms with Gasteiger partial charge < -0.3 is 14.6 Å².